The van der Waals surface area contributed by atoms with Crippen LogP contribution in [0.5, 0.6) is 0 Å². The standard InChI is InChI=1S/C18H22N4O2/c1-4-22-17-8-6-5-7-15(17)16(20-22)11-19-18(23)10-9-14-12(2)21-24-13(14)3/h5-8H,4,9-11H2,1-3H3,(H,19,23). The number of hydrogen-bond acceptors (Lipinski definition) is 4. The summed E-state index contributed by atoms with van der Waals surface area (Å²) in [4.78, 5) is 12.1. The van der Waals surface area contributed by atoms with Crippen LogP contribution in [0.2, 0.25) is 0 Å². The minimum atomic E-state index is 0.00475. The van der Waals surface area contributed by atoms with Crippen molar-refractivity contribution in [1.82, 2.24) is 20.3 Å². The highest BCUT2D eigenvalue weighted by atomic mass is 16.5. The number of hydrogen-bond donors (Lipinski definition) is 1. The van der Waals surface area contributed by atoms with E-state index >= 15 is 0 Å². The number of para-hydroxylation sites is 1. The highest BCUT2D eigenvalue weighted by molar-refractivity contribution is 5.83. The Labute approximate surface area is 140 Å². The Balaban J connectivity index is 1.62. The first-order chi connectivity index (χ1) is 11.6. The molecule has 1 N–H and O–H groups in total. The van der Waals surface area contributed by atoms with Crippen LogP contribution >= 0.6 is 0 Å². The quantitative estimate of drug-likeness (QED) is 0.756. The maximum atomic E-state index is 12.1. The molecule has 0 saturated carbocycles. The number of nitrogens with one attached hydrogen (secondary N) is 1. The molecule has 0 atom stereocenters. The van der Waals surface area contributed by atoms with Gasteiger partial charge in [-0.25, -0.2) is 0 Å². The van der Waals surface area contributed by atoms with Gasteiger partial charge in [-0.1, -0.05) is 23.4 Å². The van der Waals surface area contributed by atoms with E-state index in [1.54, 1.807) is 0 Å². The molecule has 0 radical (unpaired) electrons. The van der Waals surface area contributed by atoms with Crippen molar-refractivity contribution in [3.8, 4) is 0 Å². The van der Waals surface area contributed by atoms with Crippen LogP contribution in [0.25, 0.3) is 10.9 Å². The van der Waals surface area contributed by atoms with Crippen LogP contribution < -0.4 is 5.32 Å². The molecule has 0 saturated heterocycles. The molecular formula is C18H22N4O2. The zero-order valence-electron chi connectivity index (χ0n) is 14.3. The van der Waals surface area contributed by atoms with Crippen molar-refractivity contribution < 1.29 is 9.32 Å². The molecule has 0 aliphatic rings. The largest absolute Gasteiger partial charge is 0.361 e. The van der Waals surface area contributed by atoms with Crippen molar-refractivity contribution in [3.63, 3.8) is 0 Å². The third-order valence-electron chi connectivity index (χ3n) is 4.27. The minimum Gasteiger partial charge on any atom is -0.361 e. The Kier molecular flexibility index (Phi) is 4.64. The Bertz CT molecular complexity index is 844. The zero-order chi connectivity index (χ0) is 17.1. The van der Waals surface area contributed by atoms with E-state index < -0.39 is 0 Å². The number of fused-ring (bicyclic) bond motifs is 1. The average molecular weight is 326 g/mol. The van der Waals surface area contributed by atoms with Crippen LogP contribution in [0.4, 0.5) is 0 Å². The highest BCUT2D eigenvalue weighted by Crippen LogP contribution is 2.18. The lowest BCUT2D eigenvalue weighted by molar-refractivity contribution is -0.121. The zero-order valence-corrected chi connectivity index (χ0v) is 14.3. The first kappa shape index (κ1) is 16.2. The molecule has 1 amide bonds. The normalized spacial score (nSPS) is 11.1. The second-order valence-electron chi connectivity index (χ2n) is 5.86. The number of benzene rings is 1. The SMILES string of the molecule is CCn1nc(CNC(=O)CCc2c(C)noc2C)c2ccccc21. The molecule has 0 bridgehead atoms. The van der Waals surface area contributed by atoms with Crippen molar-refractivity contribution >= 4 is 16.8 Å². The van der Waals surface area contributed by atoms with Gasteiger partial charge in [-0.3, -0.25) is 9.48 Å². The molecule has 24 heavy (non-hydrogen) atoms. The summed E-state index contributed by atoms with van der Waals surface area (Å²) in [6.07, 6.45) is 1.05. The number of aromatic nitrogens is 3. The van der Waals surface area contributed by atoms with Crippen LogP contribution in [0.1, 0.15) is 36.1 Å². The van der Waals surface area contributed by atoms with Crippen LogP contribution in [0.15, 0.2) is 28.8 Å². The van der Waals surface area contributed by atoms with Crippen molar-refractivity contribution in [2.45, 2.75) is 46.7 Å². The fourth-order valence-corrected chi connectivity index (χ4v) is 2.94. The van der Waals surface area contributed by atoms with Gasteiger partial charge >= 0.3 is 0 Å². The predicted molar refractivity (Wildman–Crippen MR) is 91.6 cm³/mol. The summed E-state index contributed by atoms with van der Waals surface area (Å²) < 4.78 is 7.08. The van der Waals surface area contributed by atoms with Crippen molar-refractivity contribution in [2.75, 3.05) is 0 Å². The molecule has 2 heterocycles. The van der Waals surface area contributed by atoms with Gasteiger partial charge in [0.05, 0.1) is 23.4 Å². The summed E-state index contributed by atoms with van der Waals surface area (Å²) in [6, 6.07) is 8.09. The summed E-state index contributed by atoms with van der Waals surface area (Å²) >= 11 is 0. The molecule has 0 fully saturated rings. The van der Waals surface area contributed by atoms with E-state index in [4.69, 9.17) is 4.52 Å². The molecular weight excluding hydrogens is 304 g/mol. The fourth-order valence-electron chi connectivity index (χ4n) is 2.94. The van der Waals surface area contributed by atoms with Gasteiger partial charge in [0.15, 0.2) is 0 Å². The maximum absolute atomic E-state index is 12.1. The molecule has 1 aromatic carbocycles. The number of carbonyl (C=O) groups is 1. The van der Waals surface area contributed by atoms with Gasteiger partial charge in [0, 0.05) is 23.9 Å². The van der Waals surface area contributed by atoms with Gasteiger partial charge in [0.25, 0.3) is 0 Å². The second-order valence-corrected chi connectivity index (χ2v) is 5.86. The van der Waals surface area contributed by atoms with E-state index in [1.165, 1.54) is 0 Å². The van der Waals surface area contributed by atoms with E-state index in [0.29, 0.717) is 19.4 Å². The number of carbonyl (C=O) groups excluding carboxylic acids is 1. The monoisotopic (exact) mass is 326 g/mol. The van der Waals surface area contributed by atoms with Gasteiger partial charge < -0.3 is 9.84 Å². The first-order valence-electron chi connectivity index (χ1n) is 8.23. The number of nitrogens with zero attached hydrogens (tertiary/aromatic N) is 3. The molecule has 0 spiro atoms. The van der Waals surface area contributed by atoms with Crippen molar-refractivity contribution in [2.24, 2.45) is 0 Å². The third kappa shape index (κ3) is 3.18. The summed E-state index contributed by atoms with van der Waals surface area (Å²) in [5, 5.41) is 12.6. The number of amides is 1. The van der Waals surface area contributed by atoms with Gasteiger partial charge in [-0.15, -0.1) is 0 Å². The van der Waals surface area contributed by atoms with E-state index in [0.717, 1.165) is 40.2 Å². The lowest BCUT2D eigenvalue weighted by Crippen LogP contribution is -2.23. The third-order valence-corrected chi connectivity index (χ3v) is 4.27. The summed E-state index contributed by atoms with van der Waals surface area (Å²) in [5.41, 5.74) is 3.87. The van der Waals surface area contributed by atoms with Crippen LogP contribution in [-0.4, -0.2) is 20.8 Å². The highest BCUT2D eigenvalue weighted by Gasteiger charge is 2.13. The van der Waals surface area contributed by atoms with Crippen molar-refractivity contribution in [3.05, 3.63) is 47.0 Å². The number of aryl methyl sites for hydroxylation is 3. The molecule has 0 aliphatic carbocycles. The minimum absolute atomic E-state index is 0.00475. The van der Waals surface area contributed by atoms with Crippen LogP contribution in [-0.2, 0) is 24.3 Å². The molecule has 0 unspecified atom stereocenters. The van der Waals surface area contributed by atoms with Crippen LogP contribution in [0, 0.1) is 13.8 Å². The Morgan fingerprint density at radius 2 is 2.08 bits per heavy atom. The molecule has 2 aromatic heterocycles. The molecule has 0 aliphatic heterocycles. The molecule has 6 heteroatoms. The predicted octanol–water partition coefficient (Wildman–Crippen LogP) is 2.91. The Hall–Kier alpha value is -2.63. The van der Waals surface area contributed by atoms with Gasteiger partial charge in [-0.05, 0) is 33.3 Å². The first-order valence-corrected chi connectivity index (χ1v) is 8.23. The molecule has 6 nitrogen and oxygen atoms in total. The van der Waals surface area contributed by atoms with E-state index in [2.05, 4.69) is 28.6 Å². The average Bonchev–Trinajstić information content (AvgIpc) is 3.11. The Morgan fingerprint density at radius 3 is 2.79 bits per heavy atom. The fraction of sp³-hybridized carbons (Fsp3) is 0.389. The van der Waals surface area contributed by atoms with E-state index in [-0.39, 0.29) is 5.91 Å². The summed E-state index contributed by atoms with van der Waals surface area (Å²) in [5.74, 6) is 0.790. The smallest absolute Gasteiger partial charge is 0.220 e. The Morgan fingerprint density at radius 1 is 1.29 bits per heavy atom. The topological polar surface area (TPSA) is 73.0 Å². The molecule has 3 rings (SSSR count). The number of rotatable bonds is 6. The summed E-state index contributed by atoms with van der Waals surface area (Å²) in [7, 11) is 0. The summed E-state index contributed by atoms with van der Waals surface area (Å²) in [6.45, 7) is 7.07. The molecule has 3 aromatic rings. The van der Waals surface area contributed by atoms with Gasteiger partial charge in [0.1, 0.15) is 5.76 Å². The van der Waals surface area contributed by atoms with E-state index in [9.17, 15) is 4.79 Å². The van der Waals surface area contributed by atoms with E-state index in [1.807, 2.05) is 36.7 Å². The van der Waals surface area contributed by atoms with Gasteiger partial charge in [-0.2, -0.15) is 5.10 Å². The maximum Gasteiger partial charge on any atom is 0.220 e. The van der Waals surface area contributed by atoms with Crippen molar-refractivity contribution in [1.29, 1.82) is 0 Å². The lowest BCUT2D eigenvalue weighted by Gasteiger charge is -2.04. The van der Waals surface area contributed by atoms with Crippen LogP contribution in [0.3, 0.4) is 0 Å². The van der Waals surface area contributed by atoms with Gasteiger partial charge in [0.2, 0.25) is 5.91 Å². The lowest BCUT2D eigenvalue weighted by atomic mass is 10.1. The molecule has 126 valence electrons. The second kappa shape index (κ2) is 6.86.